The molecule has 0 spiro atoms. The molecule has 0 radical (unpaired) electrons. The van der Waals surface area contributed by atoms with Gasteiger partial charge in [-0.05, 0) is 11.5 Å². The molecule has 0 aromatic heterocycles. The van der Waals surface area contributed by atoms with Gasteiger partial charge in [-0.3, -0.25) is 9.59 Å². The van der Waals surface area contributed by atoms with Gasteiger partial charge in [0.25, 0.3) is 0 Å². The Kier molecular flexibility index (Phi) is 3.28. The molecule has 92 valence electrons. The van der Waals surface area contributed by atoms with Crippen LogP contribution in [0.1, 0.15) is 23.2 Å². The first kappa shape index (κ1) is 12.1. The largest absolute Gasteiger partial charge is 0.507 e. The van der Waals surface area contributed by atoms with Crippen molar-refractivity contribution in [3.8, 4) is 5.75 Å². The van der Waals surface area contributed by atoms with Crippen LogP contribution in [0, 0.1) is 0 Å². The van der Waals surface area contributed by atoms with E-state index in [1.165, 1.54) is 6.07 Å². The van der Waals surface area contributed by atoms with E-state index in [2.05, 4.69) is 0 Å². The first-order valence-corrected chi connectivity index (χ1v) is 5.55. The average molecular weight is 244 g/mol. The summed E-state index contributed by atoms with van der Waals surface area (Å²) in [4.78, 5) is 22.2. The van der Waals surface area contributed by atoms with Gasteiger partial charge in [0, 0.05) is 11.8 Å². The molecule has 2 aromatic carbocycles. The Labute approximate surface area is 103 Å². The summed E-state index contributed by atoms with van der Waals surface area (Å²) in [6.07, 6.45) is -0.341. The van der Waals surface area contributed by atoms with Gasteiger partial charge < -0.3 is 10.2 Å². The van der Waals surface area contributed by atoms with Crippen LogP contribution >= 0.6 is 0 Å². The topological polar surface area (TPSA) is 74.6 Å². The Hall–Kier alpha value is -2.36. The van der Waals surface area contributed by atoms with Crippen LogP contribution < -0.4 is 0 Å². The van der Waals surface area contributed by atoms with E-state index in [0.29, 0.717) is 5.39 Å². The monoisotopic (exact) mass is 244 g/mol. The van der Waals surface area contributed by atoms with Crippen LogP contribution in [0.15, 0.2) is 36.4 Å². The summed E-state index contributed by atoms with van der Waals surface area (Å²) in [5, 5.41) is 20.0. The third kappa shape index (κ3) is 2.32. The Morgan fingerprint density at radius 3 is 2.44 bits per heavy atom. The smallest absolute Gasteiger partial charge is 0.303 e. The second-order valence-corrected chi connectivity index (χ2v) is 4.00. The lowest BCUT2D eigenvalue weighted by Crippen LogP contribution is -2.04. The van der Waals surface area contributed by atoms with Gasteiger partial charge in [0.1, 0.15) is 5.75 Å². The third-order valence-corrected chi connectivity index (χ3v) is 2.77. The number of aliphatic carboxylic acids is 1. The summed E-state index contributed by atoms with van der Waals surface area (Å²) in [5.74, 6) is -1.47. The molecule has 2 aromatic rings. The molecule has 2 N–H and O–H groups in total. The molecule has 0 aliphatic carbocycles. The predicted octanol–water partition coefficient (Wildman–Crippen LogP) is 2.59. The minimum atomic E-state index is -1.02. The summed E-state index contributed by atoms with van der Waals surface area (Å²) < 4.78 is 0. The molecule has 0 unspecified atom stereocenters. The Morgan fingerprint density at radius 2 is 1.72 bits per heavy atom. The van der Waals surface area contributed by atoms with Gasteiger partial charge in [0.05, 0.1) is 12.0 Å². The van der Waals surface area contributed by atoms with Crippen LogP contribution in [0.25, 0.3) is 10.8 Å². The van der Waals surface area contributed by atoms with Gasteiger partial charge in [-0.15, -0.1) is 0 Å². The highest BCUT2D eigenvalue weighted by atomic mass is 16.4. The molecule has 0 saturated carbocycles. The summed E-state index contributed by atoms with van der Waals surface area (Å²) in [6.45, 7) is 0. The second-order valence-electron chi connectivity index (χ2n) is 4.00. The van der Waals surface area contributed by atoms with Crippen molar-refractivity contribution in [2.24, 2.45) is 0 Å². The van der Waals surface area contributed by atoms with E-state index >= 15 is 0 Å². The maximum Gasteiger partial charge on any atom is 0.303 e. The number of phenolic OH excluding ortho intramolecular Hbond substituents is 1. The molecular weight excluding hydrogens is 232 g/mol. The summed E-state index contributed by atoms with van der Waals surface area (Å²) in [6, 6.07) is 10.4. The average Bonchev–Trinajstić information content (AvgIpc) is 2.37. The summed E-state index contributed by atoms with van der Waals surface area (Å²) >= 11 is 0. The molecule has 0 aliphatic rings. The quantitative estimate of drug-likeness (QED) is 0.810. The number of phenols is 1. The van der Waals surface area contributed by atoms with Gasteiger partial charge in [-0.2, -0.15) is 0 Å². The normalized spacial score (nSPS) is 10.4. The van der Waals surface area contributed by atoms with E-state index < -0.39 is 5.97 Å². The Bertz CT molecular complexity index is 616. The maximum atomic E-state index is 11.8. The predicted molar refractivity (Wildman–Crippen MR) is 66.8 cm³/mol. The van der Waals surface area contributed by atoms with Crippen molar-refractivity contribution in [1.29, 1.82) is 0 Å². The number of carboxylic acids is 1. The lowest BCUT2D eigenvalue weighted by atomic mass is 10.0. The molecule has 0 saturated heterocycles. The first-order valence-electron chi connectivity index (χ1n) is 5.55. The van der Waals surface area contributed by atoms with Crippen LogP contribution in [0.5, 0.6) is 5.75 Å². The Morgan fingerprint density at radius 1 is 1.00 bits per heavy atom. The van der Waals surface area contributed by atoms with E-state index in [1.807, 2.05) is 12.1 Å². The van der Waals surface area contributed by atoms with E-state index in [4.69, 9.17) is 5.11 Å². The number of rotatable bonds is 4. The molecule has 2 rings (SSSR count). The number of ketones is 1. The molecule has 0 amide bonds. The molecule has 0 bridgehead atoms. The number of Topliss-reactive ketones (excluding diaryl/α,β-unsaturated/α-hetero) is 1. The van der Waals surface area contributed by atoms with Crippen molar-refractivity contribution < 1.29 is 19.8 Å². The highest BCUT2D eigenvalue weighted by Crippen LogP contribution is 2.29. The zero-order chi connectivity index (χ0) is 13.1. The number of hydrogen-bond acceptors (Lipinski definition) is 3. The fourth-order valence-electron chi connectivity index (χ4n) is 1.84. The van der Waals surface area contributed by atoms with E-state index in [-0.39, 0.29) is 29.9 Å². The SMILES string of the molecule is O=C(O)CCC(=O)c1ccc2ccccc2c1O. The lowest BCUT2D eigenvalue weighted by Gasteiger charge is -2.06. The molecular formula is C14H12O4. The van der Waals surface area contributed by atoms with Crippen molar-refractivity contribution in [2.75, 3.05) is 0 Å². The highest BCUT2D eigenvalue weighted by molar-refractivity contribution is 6.05. The molecule has 0 atom stereocenters. The van der Waals surface area contributed by atoms with Crippen LogP contribution in [-0.4, -0.2) is 22.0 Å². The molecule has 18 heavy (non-hydrogen) atoms. The van der Waals surface area contributed by atoms with E-state index in [0.717, 1.165) is 5.39 Å². The van der Waals surface area contributed by atoms with Crippen LogP contribution in [0.2, 0.25) is 0 Å². The van der Waals surface area contributed by atoms with Crippen LogP contribution in [0.3, 0.4) is 0 Å². The van der Waals surface area contributed by atoms with E-state index in [9.17, 15) is 14.7 Å². The Balaban J connectivity index is 2.37. The highest BCUT2D eigenvalue weighted by Gasteiger charge is 2.14. The number of fused-ring (bicyclic) bond motifs is 1. The number of aromatic hydroxyl groups is 1. The van der Waals surface area contributed by atoms with Crippen molar-refractivity contribution >= 4 is 22.5 Å². The lowest BCUT2D eigenvalue weighted by molar-refractivity contribution is -0.136. The molecule has 0 aliphatic heterocycles. The minimum Gasteiger partial charge on any atom is -0.507 e. The minimum absolute atomic E-state index is 0.0801. The van der Waals surface area contributed by atoms with Gasteiger partial charge in [0.2, 0.25) is 0 Å². The van der Waals surface area contributed by atoms with Gasteiger partial charge in [-0.25, -0.2) is 0 Å². The number of benzene rings is 2. The van der Waals surface area contributed by atoms with Crippen LogP contribution in [-0.2, 0) is 4.79 Å². The van der Waals surface area contributed by atoms with Crippen molar-refractivity contribution in [3.05, 3.63) is 42.0 Å². The van der Waals surface area contributed by atoms with E-state index in [1.54, 1.807) is 18.2 Å². The molecule has 4 heteroatoms. The summed E-state index contributed by atoms with van der Waals surface area (Å²) in [7, 11) is 0. The number of carbonyl (C=O) groups excluding carboxylic acids is 1. The molecule has 0 fully saturated rings. The van der Waals surface area contributed by atoms with Crippen molar-refractivity contribution in [1.82, 2.24) is 0 Å². The number of carboxylic acid groups (broad SMARTS) is 1. The van der Waals surface area contributed by atoms with Crippen molar-refractivity contribution in [3.63, 3.8) is 0 Å². The summed E-state index contributed by atoms with van der Waals surface area (Å²) in [5.41, 5.74) is 0.176. The van der Waals surface area contributed by atoms with Gasteiger partial charge in [-0.1, -0.05) is 30.3 Å². The van der Waals surface area contributed by atoms with Gasteiger partial charge >= 0.3 is 5.97 Å². The van der Waals surface area contributed by atoms with Crippen molar-refractivity contribution in [2.45, 2.75) is 12.8 Å². The zero-order valence-corrected chi connectivity index (χ0v) is 9.59. The second kappa shape index (κ2) is 4.87. The number of carbonyl (C=O) groups is 2. The fraction of sp³-hybridized carbons (Fsp3) is 0.143. The zero-order valence-electron chi connectivity index (χ0n) is 9.59. The first-order chi connectivity index (χ1) is 8.59. The maximum absolute atomic E-state index is 11.8. The number of hydrogen-bond donors (Lipinski definition) is 2. The third-order valence-electron chi connectivity index (χ3n) is 2.77. The van der Waals surface area contributed by atoms with Gasteiger partial charge in [0.15, 0.2) is 5.78 Å². The van der Waals surface area contributed by atoms with Crippen LogP contribution in [0.4, 0.5) is 0 Å². The fourth-order valence-corrected chi connectivity index (χ4v) is 1.84. The molecule has 4 nitrogen and oxygen atoms in total. The molecule has 0 heterocycles. The standard InChI is InChI=1S/C14H12O4/c15-12(7-8-13(16)17)11-6-5-9-3-1-2-4-10(9)14(11)18/h1-6,18H,7-8H2,(H,16,17).